The maximum Gasteiger partial charge on any atom is 0.416 e. The molecule has 134 valence electrons. The average molecular weight is 381 g/mol. The molecule has 0 spiro atoms. The Kier molecular flexibility index (Phi) is 4.89. The number of halogens is 3. The predicted octanol–water partition coefficient (Wildman–Crippen LogP) is 3.88. The molecule has 0 bridgehead atoms. The Morgan fingerprint density at radius 2 is 1.88 bits per heavy atom. The number of nitro benzene ring substituents is 1. The third-order valence-electron chi connectivity index (χ3n) is 3.33. The lowest BCUT2D eigenvalue weighted by Gasteiger charge is -2.09. The van der Waals surface area contributed by atoms with Crippen LogP contribution < -0.4 is 0 Å². The molecule has 0 fully saturated rings. The van der Waals surface area contributed by atoms with Crippen LogP contribution in [0.15, 0.2) is 53.7 Å². The maximum absolute atomic E-state index is 12.9. The Bertz CT molecular complexity index is 931. The smallest absolute Gasteiger partial charge is 0.258 e. The van der Waals surface area contributed by atoms with Crippen LogP contribution in [0, 0.1) is 10.1 Å². The molecule has 0 saturated carbocycles. The summed E-state index contributed by atoms with van der Waals surface area (Å²) in [4.78, 5) is 10.0. The molecule has 0 N–H and O–H groups in total. The second-order valence-corrected chi connectivity index (χ2v) is 6.08. The van der Waals surface area contributed by atoms with Crippen molar-refractivity contribution in [2.24, 2.45) is 0 Å². The first-order valence-electron chi connectivity index (χ1n) is 7.17. The lowest BCUT2D eigenvalue weighted by Crippen LogP contribution is -2.06. The number of benzene rings is 2. The number of thioether (sulfide) groups is 1. The molecule has 3 aromatic rings. The Morgan fingerprint density at radius 1 is 1.15 bits per heavy atom. The topological polar surface area (TPSA) is 86.7 Å². The largest absolute Gasteiger partial charge is 0.416 e. The number of para-hydroxylation sites is 1. The van der Waals surface area contributed by atoms with E-state index >= 15 is 0 Å². The molecule has 0 radical (unpaired) electrons. The van der Waals surface area contributed by atoms with Crippen LogP contribution in [-0.2, 0) is 11.9 Å². The zero-order chi connectivity index (χ0) is 18.7. The zero-order valence-corrected chi connectivity index (χ0v) is 13.7. The average Bonchev–Trinajstić information content (AvgIpc) is 3.08. The van der Waals surface area contributed by atoms with Crippen molar-refractivity contribution >= 4 is 17.4 Å². The van der Waals surface area contributed by atoms with Crippen LogP contribution in [-0.4, -0.2) is 25.1 Å². The van der Waals surface area contributed by atoms with Gasteiger partial charge in [-0.25, -0.2) is 0 Å². The third-order valence-corrected chi connectivity index (χ3v) is 4.32. The van der Waals surface area contributed by atoms with Gasteiger partial charge in [-0.15, -0.1) is 5.10 Å². The molecule has 0 atom stereocenters. The van der Waals surface area contributed by atoms with Gasteiger partial charge in [0.25, 0.3) is 5.69 Å². The number of rotatable bonds is 5. The third kappa shape index (κ3) is 3.99. The van der Waals surface area contributed by atoms with Gasteiger partial charge in [-0.1, -0.05) is 30.0 Å². The molecule has 11 heteroatoms. The van der Waals surface area contributed by atoms with E-state index in [9.17, 15) is 23.3 Å². The maximum atomic E-state index is 12.9. The predicted molar refractivity (Wildman–Crippen MR) is 86.8 cm³/mol. The number of non-ortho nitro benzene ring substituents is 1. The highest BCUT2D eigenvalue weighted by atomic mass is 32.2. The van der Waals surface area contributed by atoms with Crippen LogP contribution >= 0.6 is 11.8 Å². The number of nitro groups is 1. The Hall–Kier alpha value is -2.95. The van der Waals surface area contributed by atoms with Crippen LogP contribution in [0.3, 0.4) is 0 Å². The molecule has 3 rings (SSSR count). The first-order chi connectivity index (χ1) is 12.3. The number of hydrogen-bond donors (Lipinski definition) is 0. The van der Waals surface area contributed by atoms with E-state index in [1.54, 1.807) is 24.3 Å². The Morgan fingerprint density at radius 3 is 2.54 bits per heavy atom. The second-order valence-electron chi connectivity index (χ2n) is 5.14. The number of aromatic nitrogens is 4. The summed E-state index contributed by atoms with van der Waals surface area (Å²) in [5.74, 6) is 0.0396. The molecular weight excluding hydrogens is 371 g/mol. The fourth-order valence-electron chi connectivity index (χ4n) is 2.17. The minimum absolute atomic E-state index is 0.0396. The Balaban J connectivity index is 1.86. The van der Waals surface area contributed by atoms with Gasteiger partial charge in [0.05, 0.1) is 16.2 Å². The quantitative estimate of drug-likeness (QED) is 0.379. The van der Waals surface area contributed by atoms with Crippen molar-refractivity contribution in [3.05, 3.63) is 69.8 Å². The number of hydrogen-bond acceptors (Lipinski definition) is 6. The normalized spacial score (nSPS) is 11.5. The minimum Gasteiger partial charge on any atom is -0.258 e. The zero-order valence-electron chi connectivity index (χ0n) is 12.9. The van der Waals surface area contributed by atoms with E-state index in [0.717, 1.165) is 23.9 Å². The van der Waals surface area contributed by atoms with Crippen LogP contribution in [0.25, 0.3) is 5.69 Å². The summed E-state index contributed by atoms with van der Waals surface area (Å²) >= 11 is 1.08. The van der Waals surface area contributed by atoms with Crippen molar-refractivity contribution in [3.8, 4) is 5.69 Å². The molecule has 0 aliphatic rings. The Labute approximate surface area is 149 Å². The minimum atomic E-state index is -4.67. The summed E-state index contributed by atoms with van der Waals surface area (Å²) in [7, 11) is 0. The van der Waals surface area contributed by atoms with Gasteiger partial charge >= 0.3 is 6.18 Å². The van der Waals surface area contributed by atoms with Gasteiger partial charge < -0.3 is 0 Å². The van der Waals surface area contributed by atoms with Crippen molar-refractivity contribution in [1.29, 1.82) is 0 Å². The highest BCUT2D eigenvalue weighted by molar-refractivity contribution is 7.98. The molecule has 0 amide bonds. The first-order valence-corrected chi connectivity index (χ1v) is 8.15. The van der Waals surface area contributed by atoms with Gasteiger partial charge in [-0.2, -0.15) is 17.9 Å². The highest BCUT2D eigenvalue weighted by Crippen LogP contribution is 2.34. The molecule has 0 unspecified atom stereocenters. The van der Waals surface area contributed by atoms with Gasteiger partial charge in [-0.05, 0) is 34.2 Å². The molecule has 26 heavy (non-hydrogen) atoms. The summed E-state index contributed by atoms with van der Waals surface area (Å²) in [5.41, 5.74) is -0.836. The second kappa shape index (κ2) is 7.12. The molecule has 1 heterocycles. The summed E-state index contributed by atoms with van der Waals surface area (Å²) < 4.78 is 40.3. The standard InChI is InChI=1S/C15H10F3N5O2S/c16-15(17,18)11-6-10(7-13(8-11)23(24)25)9-26-14-19-20-21-22(14)12-4-2-1-3-5-12/h1-8H,9H2. The van der Waals surface area contributed by atoms with Gasteiger partial charge in [-0.3, -0.25) is 10.1 Å². The van der Waals surface area contributed by atoms with Crippen molar-refractivity contribution in [3.63, 3.8) is 0 Å². The molecule has 0 aliphatic heterocycles. The summed E-state index contributed by atoms with van der Waals surface area (Å²) in [6, 6.07) is 11.5. The van der Waals surface area contributed by atoms with Crippen molar-refractivity contribution in [1.82, 2.24) is 20.2 Å². The number of tetrazole rings is 1. The van der Waals surface area contributed by atoms with Crippen molar-refractivity contribution in [2.75, 3.05) is 0 Å². The van der Waals surface area contributed by atoms with E-state index in [4.69, 9.17) is 0 Å². The van der Waals surface area contributed by atoms with Gasteiger partial charge in [0.15, 0.2) is 0 Å². The summed E-state index contributed by atoms with van der Waals surface area (Å²) in [6.45, 7) is 0. The fourth-order valence-corrected chi connectivity index (χ4v) is 3.00. The summed E-state index contributed by atoms with van der Waals surface area (Å²) in [6.07, 6.45) is -4.67. The highest BCUT2D eigenvalue weighted by Gasteiger charge is 2.32. The van der Waals surface area contributed by atoms with E-state index in [1.807, 2.05) is 6.07 Å². The molecule has 1 aromatic heterocycles. The number of alkyl halides is 3. The van der Waals surface area contributed by atoms with Crippen LogP contribution in [0.5, 0.6) is 0 Å². The van der Waals surface area contributed by atoms with E-state index in [-0.39, 0.29) is 11.3 Å². The monoisotopic (exact) mass is 381 g/mol. The molecule has 0 saturated heterocycles. The lowest BCUT2D eigenvalue weighted by molar-refractivity contribution is -0.385. The van der Waals surface area contributed by atoms with Gasteiger partial charge in [0.1, 0.15) is 0 Å². The van der Waals surface area contributed by atoms with Gasteiger partial charge in [0.2, 0.25) is 5.16 Å². The van der Waals surface area contributed by atoms with E-state index in [0.29, 0.717) is 16.9 Å². The number of nitrogens with zero attached hydrogens (tertiary/aromatic N) is 5. The van der Waals surface area contributed by atoms with Crippen molar-refractivity contribution < 1.29 is 18.1 Å². The van der Waals surface area contributed by atoms with E-state index < -0.39 is 22.4 Å². The van der Waals surface area contributed by atoms with E-state index in [2.05, 4.69) is 15.5 Å². The van der Waals surface area contributed by atoms with Crippen molar-refractivity contribution in [2.45, 2.75) is 17.1 Å². The SMILES string of the molecule is O=[N+]([O-])c1cc(CSc2nnnn2-c2ccccc2)cc(C(F)(F)F)c1. The molecule has 0 aliphatic carbocycles. The van der Waals surface area contributed by atoms with E-state index in [1.165, 1.54) is 4.68 Å². The molecule has 2 aromatic carbocycles. The van der Waals surface area contributed by atoms with Crippen LogP contribution in [0.1, 0.15) is 11.1 Å². The van der Waals surface area contributed by atoms with Crippen LogP contribution in [0.2, 0.25) is 0 Å². The van der Waals surface area contributed by atoms with Crippen LogP contribution in [0.4, 0.5) is 18.9 Å². The fraction of sp³-hybridized carbons (Fsp3) is 0.133. The lowest BCUT2D eigenvalue weighted by atomic mass is 10.1. The summed E-state index contributed by atoms with van der Waals surface area (Å²) in [5, 5.41) is 22.5. The van der Waals surface area contributed by atoms with Gasteiger partial charge in [0, 0.05) is 17.9 Å². The molecule has 7 nitrogen and oxygen atoms in total. The first kappa shape index (κ1) is 17.9. The molecular formula is C15H10F3N5O2S.